The van der Waals surface area contributed by atoms with Crippen LogP contribution in [0.3, 0.4) is 0 Å². The molecule has 0 spiro atoms. The number of halogens is 4. The molecule has 1 aliphatic heterocycles. The van der Waals surface area contributed by atoms with E-state index < -0.39 is 35.9 Å². The number of hydrogen-bond acceptors (Lipinski definition) is 4. The Balaban J connectivity index is 1.87. The molecule has 7 nitrogen and oxygen atoms in total. The highest BCUT2D eigenvalue weighted by atomic mass is 35.5. The molecule has 1 fully saturated rings. The first kappa shape index (κ1) is 22.8. The molecule has 0 radical (unpaired) electrons. The van der Waals surface area contributed by atoms with Crippen LogP contribution in [0, 0.1) is 0 Å². The van der Waals surface area contributed by atoms with Gasteiger partial charge in [-0.05, 0) is 11.6 Å². The minimum absolute atomic E-state index is 0.00714. The number of ketones is 1. The lowest BCUT2D eigenvalue weighted by Crippen LogP contribution is -2.53. The second-order valence-electron chi connectivity index (χ2n) is 7.07. The van der Waals surface area contributed by atoms with Gasteiger partial charge in [-0.15, -0.1) is 13.2 Å². The molecule has 2 N–H and O–H groups in total. The SMILES string of the molecule is O=C1CCN(C(=O)O)[C@@H](C(=O)NC2=CC=C(c3ccccc3)C(Cl)(OC(F)(F)F)C2)C1. The number of ether oxygens (including phenoxy) is 1. The van der Waals surface area contributed by atoms with Crippen LogP contribution < -0.4 is 5.32 Å². The van der Waals surface area contributed by atoms with Crippen LogP contribution >= 0.6 is 11.6 Å². The van der Waals surface area contributed by atoms with Gasteiger partial charge in [0.1, 0.15) is 11.8 Å². The van der Waals surface area contributed by atoms with Crippen molar-refractivity contribution in [3.63, 3.8) is 0 Å². The average molecular weight is 459 g/mol. The molecule has 1 aromatic rings. The third kappa shape index (κ3) is 5.45. The number of allylic oxidation sites excluding steroid dienone is 2. The topological polar surface area (TPSA) is 95.9 Å². The van der Waals surface area contributed by atoms with Gasteiger partial charge in [0.2, 0.25) is 5.91 Å². The predicted octanol–water partition coefficient (Wildman–Crippen LogP) is 3.66. The fourth-order valence-electron chi connectivity index (χ4n) is 3.53. The van der Waals surface area contributed by atoms with Gasteiger partial charge in [-0.1, -0.05) is 48.0 Å². The van der Waals surface area contributed by atoms with Crippen LogP contribution in [0.2, 0.25) is 0 Å². The summed E-state index contributed by atoms with van der Waals surface area (Å²) >= 11 is 6.27. The maximum absolute atomic E-state index is 13.1. The maximum atomic E-state index is 13.1. The molecule has 1 saturated heterocycles. The molecule has 1 aliphatic carbocycles. The van der Waals surface area contributed by atoms with Gasteiger partial charge < -0.3 is 10.4 Å². The van der Waals surface area contributed by atoms with Crippen molar-refractivity contribution in [2.75, 3.05) is 6.54 Å². The zero-order valence-corrected chi connectivity index (χ0v) is 16.7. The van der Waals surface area contributed by atoms with Crippen LogP contribution in [-0.4, -0.2) is 51.8 Å². The summed E-state index contributed by atoms with van der Waals surface area (Å²) in [7, 11) is 0. The number of carbonyl (C=O) groups excluding carboxylic acids is 2. The lowest BCUT2D eigenvalue weighted by atomic mass is 9.92. The first-order valence-electron chi connectivity index (χ1n) is 9.23. The van der Waals surface area contributed by atoms with Crippen molar-refractivity contribution in [1.82, 2.24) is 10.2 Å². The molecule has 3 rings (SSSR count). The fourth-order valence-corrected chi connectivity index (χ4v) is 3.93. The Morgan fingerprint density at radius 2 is 1.90 bits per heavy atom. The van der Waals surface area contributed by atoms with Gasteiger partial charge in [0, 0.05) is 37.1 Å². The Morgan fingerprint density at radius 1 is 1.23 bits per heavy atom. The highest BCUT2D eigenvalue weighted by molar-refractivity contribution is 6.29. The summed E-state index contributed by atoms with van der Waals surface area (Å²) in [5.41, 5.74) is 0.440. The molecule has 2 aliphatic rings. The number of hydrogen-bond donors (Lipinski definition) is 2. The summed E-state index contributed by atoms with van der Waals surface area (Å²) in [6.07, 6.45) is -4.63. The van der Waals surface area contributed by atoms with Gasteiger partial charge >= 0.3 is 12.5 Å². The number of nitrogens with zero attached hydrogens (tertiary/aromatic N) is 1. The zero-order valence-electron chi connectivity index (χ0n) is 16.0. The largest absolute Gasteiger partial charge is 0.524 e. The molecule has 1 unspecified atom stereocenters. The number of amides is 2. The van der Waals surface area contributed by atoms with Crippen LogP contribution in [0.4, 0.5) is 18.0 Å². The molecule has 166 valence electrons. The van der Waals surface area contributed by atoms with Crippen molar-refractivity contribution in [1.29, 1.82) is 0 Å². The molecule has 1 heterocycles. The maximum Gasteiger partial charge on any atom is 0.524 e. The van der Waals surface area contributed by atoms with E-state index >= 15 is 0 Å². The Morgan fingerprint density at radius 3 is 2.52 bits per heavy atom. The molecule has 2 amide bonds. The third-order valence-corrected chi connectivity index (χ3v) is 5.31. The normalized spacial score (nSPS) is 24.3. The first-order chi connectivity index (χ1) is 14.5. The summed E-state index contributed by atoms with van der Waals surface area (Å²) < 4.78 is 43.5. The van der Waals surface area contributed by atoms with E-state index in [4.69, 9.17) is 11.6 Å². The molecule has 0 bridgehead atoms. The van der Waals surface area contributed by atoms with Crippen LogP contribution in [-0.2, 0) is 14.3 Å². The van der Waals surface area contributed by atoms with Gasteiger partial charge in [-0.2, -0.15) is 0 Å². The van der Waals surface area contributed by atoms with E-state index in [0.717, 1.165) is 4.90 Å². The number of Topliss-reactive ketones (excluding diaryl/α,β-unsaturated/α-hetero) is 1. The predicted molar refractivity (Wildman–Crippen MR) is 104 cm³/mol. The number of likely N-dealkylation sites (tertiary alicyclic amines) is 1. The summed E-state index contributed by atoms with van der Waals surface area (Å²) in [6, 6.07) is 6.80. The van der Waals surface area contributed by atoms with Crippen LogP contribution in [0.1, 0.15) is 24.8 Å². The van der Waals surface area contributed by atoms with Crippen molar-refractivity contribution in [2.45, 2.75) is 36.7 Å². The van der Waals surface area contributed by atoms with E-state index in [9.17, 15) is 32.7 Å². The molecular formula is C20H18ClF3N2O5. The van der Waals surface area contributed by atoms with E-state index in [-0.39, 0.29) is 36.4 Å². The van der Waals surface area contributed by atoms with Gasteiger partial charge in [-0.3, -0.25) is 19.2 Å². The summed E-state index contributed by atoms with van der Waals surface area (Å²) in [4.78, 5) is 36.5. The second-order valence-corrected chi connectivity index (χ2v) is 7.68. The Bertz CT molecular complexity index is 948. The first-order valence-corrected chi connectivity index (χ1v) is 9.61. The second kappa shape index (κ2) is 8.72. The molecule has 31 heavy (non-hydrogen) atoms. The molecule has 0 saturated carbocycles. The van der Waals surface area contributed by atoms with Crippen molar-refractivity contribution in [3.05, 3.63) is 53.7 Å². The van der Waals surface area contributed by atoms with Crippen molar-refractivity contribution >= 4 is 35.0 Å². The van der Waals surface area contributed by atoms with Crippen molar-refractivity contribution < 1.29 is 37.4 Å². The number of rotatable bonds is 4. The quantitative estimate of drug-likeness (QED) is 0.671. The lowest BCUT2D eigenvalue weighted by Gasteiger charge is -2.35. The van der Waals surface area contributed by atoms with E-state index in [1.54, 1.807) is 30.3 Å². The molecule has 0 aromatic heterocycles. The van der Waals surface area contributed by atoms with Gasteiger partial charge in [0.15, 0.2) is 5.06 Å². The lowest BCUT2D eigenvalue weighted by molar-refractivity contribution is -0.342. The summed E-state index contributed by atoms with van der Waals surface area (Å²) in [5, 5.41) is 9.31. The number of nitrogens with one attached hydrogen (secondary N) is 1. The van der Waals surface area contributed by atoms with Crippen LogP contribution in [0.5, 0.6) is 0 Å². The monoisotopic (exact) mass is 458 g/mol. The number of benzene rings is 1. The number of alkyl halides is 4. The van der Waals surface area contributed by atoms with E-state index in [1.165, 1.54) is 12.2 Å². The number of piperidine rings is 1. The summed E-state index contributed by atoms with van der Waals surface area (Å²) in [6.45, 7) is -0.139. The zero-order chi connectivity index (χ0) is 22.8. The molecule has 11 heteroatoms. The summed E-state index contributed by atoms with van der Waals surface area (Å²) in [5.74, 6) is -1.11. The van der Waals surface area contributed by atoms with Crippen molar-refractivity contribution in [2.24, 2.45) is 0 Å². The molecule has 1 aromatic carbocycles. The minimum Gasteiger partial charge on any atom is -0.465 e. The number of carboxylic acid groups (broad SMARTS) is 1. The Hall–Kier alpha value is -2.85. The standard InChI is InChI=1S/C20H18ClF3N2O5/c21-19(31-20(22,23)24)11-13(6-7-15(19)12-4-2-1-3-5-12)25-17(28)16-10-14(27)8-9-26(16)18(29)30/h1-7,16H,8-11H2,(H,25,28)(H,29,30)/t16-,19?/m1/s1. The Labute approximate surface area is 180 Å². The Kier molecular flexibility index (Phi) is 6.42. The number of carbonyl (C=O) groups is 3. The third-order valence-electron chi connectivity index (χ3n) is 4.89. The minimum atomic E-state index is -5.06. The van der Waals surface area contributed by atoms with Gasteiger partial charge in [-0.25, -0.2) is 4.79 Å². The van der Waals surface area contributed by atoms with Crippen LogP contribution in [0.25, 0.3) is 5.57 Å². The smallest absolute Gasteiger partial charge is 0.465 e. The van der Waals surface area contributed by atoms with Gasteiger partial charge in [0.25, 0.3) is 0 Å². The highest BCUT2D eigenvalue weighted by Crippen LogP contribution is 2.45. The van der Waals surface area contributed by atoms with Gasteiger partial charge in [0.05, 0.1) is 0 Å². The van der Waals surface area contributed by atoms with E-state index in [0.29, 0.717) is 5.56 Å². The average Bonchev–Trinajstić information content (AvgIpc) is 2.66. The van der Waals surface area contributed by atoms with E-state index in [1.807, 2.05) is 0 Å². The fraction of sp³-hybridized carbons (Fsp3) is 0.350. The van der Waals surface area contributed by atoms with Crippen LogP contribution in [0.15, 0.2) is 48.2 Å². The molecule has 2 atom stereocenters. The highest BCUT2D eigenvalue weighted by Gasteiger charge is 2.47. The van der Waals surface area contributed by atoms with Crippen molar-refractivity contribution in [3.8, 4) is 0 Å². The van der Waals surface area contributed by atoms with E-state index in [2.05, 4.69) is 10.1 Å². The molecular weight excluding hydrogens is 441 g/mol.